The standard InChI is InChI=1S/C24H35N3O4S/c1-17(2)23-21-8-7-9-26(21)10-11-27(23)22(28)16-31-13-12-25(6)32(29,30)24-19(4)14-18(3)15-20(24)5/h7-9,14-15,17,23H,10-13,16H2,1-6H3. The molecular weight excluding hydrogens is 426 g/mol. The maximum atomic E-state index is 13.1. The molecule has 0 radical (unpaired) electrons. The minimum atomic E-state index is -3.63. The Hall–Kier alpha value is -2.16. The average molecular weight is 462 g/mol. The number of aromatic nitrogens is 1. The Kier molecular flexibility index (Phi) is 7.47. The minimum absolute atomic E-state index is 0.0189. The van der Waals surface area contributed by atoms with Crippen molar-refractivity contribution < 1.29 is 17.9 Å². The van der Waals surface area contributed by atoms with Gasteiger partial charge in [-0.25, -0.2) is 8.42 Å². The van der Waals surface area contributed by atoms with Crippen molar-refractivity contribution in [2.45, 2.75) is 52.1 Å². The first-order chi connectivity index (χ1) is 15.0. The first kappa shape index (κ1) is 24.5. The molecule has 1 amide bonds. The number of hydrogen-bond acceptors (Lipinski definition) is 4. The van der Waals surface area contributed by atoms with Crippen molar-refractivity contribution in [1.29, 1.82) is 0 Å². The lowest BCUT2D eigenvalue weighted by molar-refractivity contribution is -0.141. The average Bonchev–Trinajstić information content (AvgIpc) is 3.17. The molecule has 32 heavy (non-hydrogen) atoms. The van der Waals surface area contributed by atoms with Gasteiger partial charge >= 0.3 is 0 Å². The molecule has 1 aliphatic rings. The summed E-state index contributed by atoms with van der Waals surface area (Å²) in [7, 11) is -2.08. The Labute approximate surface area is 192 Å². The number of rotatable bonds is 8. The topological polar surface area (TPSA) is 71.8 Å². The van der Waals surface area contributed by atoms with Crippen LogP contribution in [0.25, 0.3) is 0 Å². The van der Waals surface area contributed by atoms with E-state index in [0.717, 1.165) is 28.9 Å². The fourth-order valence-electron chi connectivity index (χ4n) is 4.68. The highest BCUT2D eigenvalue weighted by Gasteiger charge is 2.33. The third kappa shape index (κ3) is 4.92. The molecule has 0 spiro atoms. The fourth-order valence-corrected chi connectivity index (χ4v) is 6.24. The number of sulfonamides is 1. The molecular formula is C24H35N3O4S. The summed E-state index contributed by atoms with van der Waals surface area (Å²) >= 11 is 0. The van der Waals surface area contributed by atoms with E-state index in [-0.39, 0.29) is 37.6 Å². The number of aryl methyl sites for hydroxylation is 3. The number of carbonyl (C=O) groups is 1. The van der Waals surface area contributed by atoms with Crippen LogP contribution in [0.15, 0.2) is 35.4 Å². The van der Waals surface area contributed by atoms with Crippen LogP contribution in [0.1, 0.15) is 42.3 Å². The van der Waals surface area contributed by atoms with Crippen LogP contribution in [-0.4, -0.2) is 61.4 Å². The highest BCUT2D eigenvalue weighted by molar-refractivity contribution is 7.89. The normalized spacial score (nSPS) is 16.6. The van der Waals surface area contributed by atoms with Gasteiger partial charge < -0.3 is 14.2 Å². The minimum Gasteiger partial charge on any atom is -0.370 e. The van der Waals surface area contributed by atoms with E-state index in [0.29, 0.717) is 11.4 Å². The number of fused-ring (bicyclic) bond motifs is 1. The molecule has 7 nitrogen and oxygen atoms in total. The molecule has 176 valence electrons. The lowest BCUT2D eigenvalue weighted by Gasteiger charge is -2.39. The molecule has 0 saturated heterocycles. The molecule has 0 aliphatic carbocycles. The van der Waals surface area contributed by atoms with E-state index in [9.17, 15) is 13.2 Å². The monoisotopic (exact) mass is 461 g/mol. The Balaban J connectivity index is 1.57. The van der Waals surface area contributed by atoms with Gasteiger partial charge in [0, 0.05) is 38.6 Å². The van der Waals surface area contributed by atoms with E-state index in [2.05, 4.69) is 30.7 Å². The smallest absolute Gasteiger partial charge is 0.249 e. The second kappa shape index (κ2) is 9.77. The zero-order valence-corrected chi connectivity index (χ0v) is 20.8. The summed E-state index contributed by atoms with van der Waals surface area (Å²) in [4.78, 5) is 15.1. The van der Waals surface area contributed by atoms with E-state index in [1.165, 1.54) is 4.31 Å². The molecule has 2 aromatic rings. The summed E-state index contributed by atoms with van der Waals surface area (Å²) in [6, 6.07) is 7.86. The van der Waals surface area contributed by atoms with Crippen molar-refractivity contribution in [3.05, 3.63) is 52.8 Å². The molecule has 0 fully saturated rings. The number of nitrogens with zero attached hydrogens (tertiary/aromatic N) is 3. The zero-order valence-electron chi connectivity index (χ0n) is 20.0. The van der Waals surface area contributed by atoms with Gasteiger partial charge in [-0.2, -0.15) is 4.31 Å². The van der Waals surface area contributed by atoms with Gasteiger partial charge in [0.15, 0.2) is 0 Å². The predicted octanol–water partition coefficient (Wildman–Crippen LogP) is 3.29. The van der Waals surface area contributed by atoms with Gasteiger partial charge in [-0.1, -0.05) is 31.5 Å². The van der Waals surface area contributed by atoms with Gasteiger partial charge in [-0.05, 0) is 49.9 Å². The zero-order chi connectivity index (χ0) is 23.6. The maximum Gasteiger partial charge on any atom is 0.249 e. The molecule has 0 saturated carbocycles. The van der Waals surface area contributed by atoms with Crippen LogP contribution in [0, 0.1) is 26.7 Å². The molecule has 0 N–H and O–H groups in total. The summed E-state index contributed by atoms with van der Waals surface area (Å²) in [5.41, 5.74) is 3.66. The summed E-state index contributed by atoms with van der Waals surface area (Å²) < 4.78 is 35.2. The van der Waals surface area contributed by atoms with Gasteiger partial charge in [0.05, 0.1) is 17.5 Å². The summed E-state index contributed by atoms with van der Waals surface area (Å²) in [6.45, 7) is 11.5. The quantitative estimate of drug-likeness (QED) is 0.566. The van der Waals surface area contributed by atoms with E-state index in [1.807, 2.05) is 43.9 Å². The fraction of sp³-hybridized carbons (Fsp3) is 0.542. The number of amides is 1. The molecule has 2 heterocycles. The number of hydrogen-bond donors (Lipinski definition) is 0. The Morgan fingerprint density at radius 3 is 2.47 bits per heavy atom. The first-order valence-corrected chi connectivity index (χ1v) is 12.5. The molecule has 0 bridgehead atoms. The second-order valence-corrected chi connectivity index (χ2v) is 11.0. The van der Waals surface area contributed by atoms with Crippen molar-refractivity contribution in [1.82, 2.24) is 13.8 Å². The number of benzene rings is 1. The number of carbonyl (C=O) groups excluding carboxylic acids is 1. The van der Waals surface area contributed by atoms with Crippen molar-refractivity contribution in [2.75, 3.05) is 33.4 Å². The number of ether oxygens (including phenoxy) is 1. The van der Waals surface area contributed by atoms with Crippen molar-refractivity contribution >= 4 is 15.9 Å². The Morgan fingerprint density at radius 1 is 1.19 bits per heavy atom. The number of likely N-dealkylation sites (N-methyl/N-ethyl adjacent to an activating group) is 1. The largest absolute Gasteiger partial charge is 0.370 e. The third-order valence-electron chi connectivity index (χ3n) is 6.09. The van der Waals surface area contributed by atoms with Crippen LogP contribution in [0.3, 0.4) is 0 Å². The van der Waals surface area contributed by atoms with Gasteiger partial charge in [0.25, 0.3) is 0 Å². The van der Waals surface area contributed by atoms with Gasteiger partial charge in [-0.3, -0.25) is 4.79 Å². The molecule has 1 aromatic heterocycles. The maximum absolute atomic E-state index is 13.1. The molecule has 8 heteroatoms. The molecule has 3 rings (SSSR count). The predicted molar refractivity (Wildman–Crippen MR) is 125 cm³/mol. The van der Waals surface area contributed by atoms with Crippen LogP contribution in [0.4, 0.5) is 0 Å². The van der Waals surface area contributed by atoms with Gasteiger partial charge in [0.2, 0.25) is 15.9 Å². The summed E-state index contributed by atoms with van der Waals surface area (Å²) in [5, 5.41) is 0. The van der Waals surface area contributed by atoms with E-state index in [4.69, 9.17) is 4.74 Å². The van der Waals surface area contributed by atoms with Crippen LogP contribution >= 0.6 is 0 Å². The molecule has 1 aromatic carbocycles. The summed E-state index contributed by atoms with van der Waals surface area (Å²) in [5.74, 6) is 0.219. The Bertz CT molecular complexity index is 1050. The van der Waals surface area contributed by atoms with Crippen LogP contribution in [-0.2, 0) is 26.1 Å². The van der Waals surface area contributed by atoms with Crippen molar-refractivity contribution in [2.24, 2.45) is 5.92 Å². The second-order valence-electron chi connectivity index (χ2n) is 9.01. The molecule has 1 aliphatic heterocycles. The third-order valence-corrected chi connectivity index (χ3v) is 8.25. The van der Waals surface area contributed by atoms with Crippen LogP contribution in [0.2, 0.25) is 0 Å². The van der Waals surface area contributed by atoms with Gasteiger partial charge in [-0.15, -0.1) is 0 Å². The molecule has 1 unspecified atom stereocenters. The van der Waals surface area contributed by atoms with Gasteiger partial charge in [0.1, 0.15) is 6.61 Å². The lowest BCUT2D eigenvalue weighted by atomic mass is 9.97. The van der Waals surface area contributed by atoms with Crippen LogP contribution < -0.4 is 0 Å². The van der Waals surface area contributed by atoms with E-state index >= 15 is 0 Å². The SMILES string of the molecule is Cc1cc(C)c(S(=O)(=O)N(C)CCOCC(=O)N2CCn3cccc3C2C(C)C)c(C)c1. The highest BCUT2D eigenvalue weighted by atomic mass is 32.2. The van der Waals surface area contributed by atoms with Crippen LogP contribution in [0.5, 0.6) is 0 Å². The first-order valence-electron chi connectivity index (χ1n) is 11.1. The van der Waals surface area contributed by atoms with Crippen molar-refractivity contribution in [3.8, 4) is 0 Å². The summed E-state index contributed by atoms with van der Waals surface area (Å²) in [6.07, 6.45) is 2.05. The molecule has 1 atom stereocenters. The Morgan fingerprint density at radius 2 is 1.84 bits per heavy atom. The van der Waals surface area contributed by atoms with E-state index < -0.39 is 10.0 Å². The highest BCUT2D eigenvalue weighted by Crippen LogP contribution is 2.32. The van der Waals surface area contributed by atoms with E-state index in [1.54, 1.807) is 7.05 Å². The van der Waals surface area contributed by atoms with Crippen molar-refractivity contribution in [3.63, 3.8) is 0 Å². The lowest BCUT2D eigenvalue weighted by Crippen LogP contribution is -2.45.